The van der Waals surface area contributed by atoms with Crippen molar-refractivity contribution in [3.8, 4) is 0 Å². The van der Waals surface area contributed by atoms with Crippen molar-refractivity contribution in [1.29, 1.82) is 0 Å². The van der Waals surface area contributed by atoms with Crippen molar-refractivity contribution < 1.29 is 18.0 Å². The molecule has 15 heavy (non-hydrogen) atoms. The van der Waals surface area contributed by atoms with Gasteiger partial charge in [0.05, 0.1) is 11.6 Å². The second kappa shape index (κ2) is 4.44. The number of benzene rings is 1. The standard InChI is InChI=1S/C10H10F3NO/c1-14-9(6-15)7-3-2-4-8(5-7)10(11,12)13/h2-6,9,14H,1H3. The molecule has 0 bridgehead atoms. The van der Waals surface area contributed by atoms with Crippen LogP contribution in [0.15, 0.2) is 24.3 Å². The maximum absolute atomic E-state index is 12.3. The number of alkyl halides is 3. The fraction of sp³-hybridized carbons (Fsp3) is 0.300. The number of hydrogen-bond acceptors (Lipinski definition) is 2. The van der Waals surface area contributed by atoms with Crippen LogP contribution in [0.4, 0.5) is 13.2 Å². The van der Waals surface area contributed by atoms with Gasteiger partial charge in [-0.25, -0.2) is 0 Å². The molecule has 1 atom stereocenters. The van der Waals surface area contributed by atoms with Crippen LogP contribution in [0.1, 0.15) is 17.2 Å². The lowest BCUT2D eigenvalue weighted by Gasteiger charge is -2.12. The quantitative estimate of drug-likeness (QED) is 0.786. The first-order valence-corrected chi connectivity index (χ1v) is 4.28. The van der Waals surface area contributed by atoms with Crippen LogP contribution in [0.5, 0.6) is 0 Å². The van der Waals surface area contributed by atoms with Crippen LogP contribution in [-0.4, -0.2) is 13.3 Å². The molecule has 0 aliphatic heterocycles. The van der Waals surface area contributed by atoms with E-state index >= 15 is 0 Å². The lowest BCUT2D eigenvalue weighted by Crippen LogP contribution is -2.18. The van der Waals surface area contributed by atoms with Gasteiger partial charge in [-0.05, 0) is 24.7 Å². The van der Waals surface area contributed by atoms with Crippen LogP contribution in [0.25, 0.3) is 0 Å². The molecule has 1 rings (SSSR count). The third-order valence-corrected chi connectivity index (χ3v) is 2.02. The van der Waals surface area contributed by atoms with E-state index in [0.29, 0.717) is 11.8 Å². The minimum atomic E-state index is -4.38. The lowest BCUT2D eigenvalue weighted by molar-refractivity contribution is -0.137. The zero-order chi connectivity index (χ0) is 11.5. The largest absolute Gasteiger partial charge is 0.416 e. The monoisotopic (exact) mass is 217 g/mol. The molecule has 0 radical (unpaired) electrons. The number of rotatable bonds is 3. The Kier molecular flexibility index (Phi) is 3.47. The van der Waals surface area contributed by atoms with E-state index in [2.05, 4.69) is 5.32 Å². The summed E-state index contributed by atoms with van der Waals surface area (Å²) in [5.41, 5.74) is -0.440. The van der Waals surface area contributed by atoms with Crippen molar-refractivity contribution in [1.82, 2.24) is 5.32 Å². The molecule has 0 amide bonds. The highest BCUT2D eigenvalue weighted by atomic mass is 19.4. The summed E-state index contributed by atoms with van der Waals surface area (Å²) in [4.78, 5) is 10.6. The van der Waals surface area contributed by atoms with Gasteiger partial charge in [-0.3, -0.25) is 0 Å². The van der Waals surface area contributed by atoms with Gasteiger partial charge in [0.25, 0.3) is 0 Å². The summed E-state index contributed by atoms with van der Waals surface area (Å²) in [6.07, 6.45) is -3.81. The molecule has 5 heteroatoms. The molecule has 0 heterocycles. The summed E-state index contributed by atoms with van der Waals surface area (Å²) < 4.78 is 37.0. The van der Waals surface area contributed by atoms with E-state index in [1.807, 2.05) is 0 Å². The number of likely N-dealkylation sites (N-methyl/N-ethyl adjacent to an activating group) is 1. The van der Waals surface area contributed by atoms with Gasteiger partial charge in [-0.2, -0.15) is 13.2 Å². The number of aldehydes is 1. The maximum Gasteiger partial charge on any atom is 0.416 e. The van der Waals surface area contributed by atoms with E-state index in [1.54, 1.807) is 0 Å². The van der Waals surface area contributed by atoms with E-state index < -0.39 is 17.8 Å². The molecule has 0 spiro atoms. The summed E-state index contributed by atoms with van der Waals surface area (Å²) in [6, 6.07) is 4.00. The van der Waals surface area contributed by atoms with E-state index in [1.165, 1.54) is 19.2 Å². The summed E-state index contributed by atoms with van der Waals surface area (Å²) >= 11 is 0. The van der Waals surface area contributed by atoms with Crippen LogP contribution < -0.4 is 5.32 Å². The zero-order valence-electron chi connectivity index (χ0n) is 8.01. The molecule has 0 aliphatic rings. The van der Waals surface area contributed by atoms with Crippen LogP contribution in [0.2, 0.25) is 0 Å². The lowest BCUT2D eigenvalue weighted by atomic mass is 10.0. The molecule has 0 saturated heterocycles. The Morgan fingerprint density at radius 2 is 2.07 bits per heavy atom. The molecule has 2 nitrogen and oxygen atoms in total. The van der Waals surface area contributed by atoms with Crippen molar-refractivity contribution in [3.63, 3.8) is 0 Å². The SMILES string of the molecule is CNC(C=O)c1cccc(C(F)(F)F)c1. The Labute approximate surface area is 85.1 Å². The number of carbonyl (C=O) groups is 1. The first-order valence-electron chi connectivity index (χ1n) is 4.28. The average Bonchev–Trinajstić information content (AvgIpc) is 2.19. The van der Waals surface area contributed by atoms with E-state index in [-0.39, 0.29) is 0 Å². The second-order valence-electron chi connectivity index (χ2n) is 3.03. The molecule has 82 valence electrons. The number of hydrogen-bond donors (Lipinski definition) is 1. The third-order valence-electron chi connectivity index (χ3n) is 2.02. The topological polar surface area (TPSA) is 29.1 Å². The first-order chi connectivity index (χ1) is 6.99. The normalized spacial score (nSPS) is 13.6. The van der Waals surface area contributed by atoms with Gasteiger partial charge >= 0.3 is 6.18 Å². The van der Waals surface area contributed by atoms with Crippen LogP contribution in [0.3, 0.4) is 0 Å². The Morgan fingerprint density at radius 1 is 1.40 bits per heavy atom. The van der Waals surface area contributed by atoms with E-state index in [9.17, 15) is 18.0 Å². The van der Waals surface area contributed by atoms with Crippen molar-refractivity contribution in [2.24, 2.45) is 0 Å². The Hall–Kier alpha value is -1.36. The van der Waals surface area contributed by atoms with Gasteiger partial charge < -0.3 is 10.1 Å². The predicted molar refractivity (Wildman–Crippen MR) is 49.3 cm³/mol. The van der Waals surface area contributed by atoms with Crippen molar-refractivity contribution in [3.05, 3.63) is 35.4 Å². The van der Waals surface area contributed by atoms with E-state index in [0.717, 1.165) is 12.1 Å². The first kappa shape index (κ1) is 11.7. The Bertz CT molecular complexity index is 349. The zero-order valence-corrected chi connectivity index (χ0v) is 8.01. The van der Waals surface area contributed by atoms with Gasteiger partial charge in [0.1, 0.15) is 6.29 Å². The molecule has 0 saturated carbocycles. The molecule has 1 unspecified atom stereocenters. The molecule has 1 aromatic carbocycles. The Balaban J connectivity index is 3.07. The molecule has 0 aliphatic carbocycles. The fourth-order valence-corrected chi connectivity index (χ4v) is 1.22. The van der Waals surface area contributed by atoms with Crippen molar-refractivity contribution in [2.45, 2.75) is 12.2 Å². The number of halogens is 3. The minimum absolute atomic E-state index is 0.308. The predicted octanol–water partition coefficient (Wildman–Crippen LogP) is 2.16. The minimum Gasteiger partial charge on any atom is -0.307 e. The smallest absolute Gasteiger partial charge is 0.307 e. The molecule has 0 fully saturated rings. The highest BCUT2D eigenvalue weighted by molar-refractivity contribution is 5.61. The van der Waals surface area contributed by atoms with Crippen LogP contribution >= 0.6 is 0 Å². The number of nitrogens with one attached hydrogen (secondary N) is 1. The molecule has 1 N–H and O–H groups in total. The Morgan fingerprint density at radius 3 is 2.53 bits per heavy atom. The summed E-state index contributed by atoms with van der Waals surface area (Å²) in [6.45, 7) is 0. The van der Waals surface area contributed by atoms with E-state index in [4.69, 9.17) is 0 Å². The highest BCUT2D eigenvalue weighted by Crippen LogP contribution is 2.30. The van der Waals surface area contributed by atoms with Gasteiger partial charge in [0, 0.05) is 0 Å². The van der Waals surface area contributed by atoms with Crippen molar-refractivity contribution in [2.75, 3.05) is 7.05 Å². The molecule has 1 aromatic rings. The average molecular weight is 217 g/mol. The summed E-state index contributed by atoms with van der Waals surface area (Å²) in [5.74, 6) is 0. The fourth-order valence-electron chi connectivity index (χ4n) is 1.22. The molecular weight excluding hydrogens is 207 g/mol. The highest BCUT2D eigenvalue weighted by Gasteiger charge is 2.30. The molecular formula is C10H10F3NO. The van der Waals surface area contributed by atoms with Crippen molar-refractivity contribution >= 4 is 6.29 Å². The van der Waals surface area contributed by atoms with Gasteiger partial charge in [0.2, 0.25) is 0 Å². The third kappa shape index (κ3) is 2.79. The van der Waals surface area contributed by atoms with Crippen LogP contribution in [-0.2, 0) is 11.0 Å². The summed E-state index contributed by atoms with van der Waals surface area (Å²) in [7, 11) is 1.51. The maximum atomic E-state index is 12.3. The number of carbonyl (C=O) groups excluding carboxylic acids is 1. The second-order valence-corrected chi connectivity index (χ2v) is 3.03. The van der Waals surface area contributed by atoms with Gasteiger partial charge in [0.15, 0.2) is 0 Å². The molecule has 0 aromatic heterocycles. The van der Waals surface area contributed by atoms with Crippen LogP contribution in [0, 0.1) is 0 Å². The summed E-state index contributed by atoms with van der Waals surface area (Å²) in [5, 5.41) is 2.61. The van der Waals surface area contributed by atoms with Gasteiger partial charge in [-0.1, -0.05) is 12.1 Å². The van der Waals surface area contributed by atoms with Gasteiger partial charge in [-0.15, -0.1) is 0 Å².